The third-order valence-electron chi connectivity index (χ3n) is 11.3. The number of rotatable bonds is 3. The van der Waals surface area contributed by atoms with E-state index >= 15 is 0 Å². The van der Waals surface area contributed by atoms with Crippen LogP contribution < -0.4 is 0 Å². The lowest BCUT2D eigenvalue weighted by atomic mass is 10.00. The summed E-state index contributed by atoms with van der Waals surface area (Å²) in [4.78, 5) is 10.9. The lowest BCUT2D eigenvalue weighted by Gasteiger charge is -2.11. The van der Waals surface area contributed by atoms with Gasteiger partial charge in [-0.05, 0) is 71.4 Å². The zero-order valence-electron chi connectivity index (χ0n) is 28.6. The predicted octanol–water partition coefficient (Wildman–Crippen LogP) is 12.7. The zero-order valence-corrected chi connectivity index (χ0v) is 28.6. The molecule has 13 aromatic rings. The third kappa shape index (κ3) is 3.59. The van der Waals surface area contributed by atoms with Gasteiger partial charge in [0.05, 0.1) is 22.1 Å². The first-order chi connectivity index (χ1) is 26.8. The van der Waals surface area contributed by atoms with E-state index in [0.717, 1.165) is 99.0 Å². The quantitative estimate of drug-likeness (QED) is 0.185. The lowest BCUT2D eigenvalue weighted by Crippen LogP contribution is -2.03. The smallest absolute Gasteiger partial charge is 0.236 e. The summed E-state index contributed by atoms with van der Waals surface area (Å²) < 4.78 is 17.9. The Balaban J connectivity index is 1.18. The van der Waals surface area contributed by atoms with E-state index < -0.39 is 0 Å². The second kappa shape index (κ2) is 10.1. The molecule has 0 aliphatic rings. The van der Waals surface area contributed by atoms with Gasteiger partial charge in [-0.15, -0.1) is 0 Å². The Morgan fingerprint density at radius 1 is 0.407 bits per heavy atom. The van der Waals surface area contributed by atoms with Gasteiger partial charge in [0.2, 0.25) is 5.95 Å². The molecule has 0 unspecified atom stereocenters. The van der Waals surface area contributed by atoms with Crippen molar-refractivity contribution in [2.75, 3.05) is 0 Å². The summed E-state index contributed by atoms with van der Waals surface area (Å²) in [5.74, 6) is 0.586. The number of hydrogen-bond acceptors (Lipinski definition) is 4. The van der Waals surface area contributed by atoms with Crippen LogP contribution in [0.1, 0.15) is 0 Å². The van der Waals surface area contributed by atoms with Crippen molar-refractivity contribution in [3.63, 3.8) is 0 Å². The Morgan fingerprint density at radius 3 is 1.81 bits per heavy atom. The van der Waals surface area contributed by atoms with E-state index in [4.69, 9.17) is 18.8 Å². The molecule has 0 spiro atoms. The van der Waals surface area contributed by atoms with Crippen molar-refractivity contribution >= 4 is 98.4 Å². The fraction of sp³-hybridized carbons (Fsp3) is 0. The fourth-order valence-electron chi connectivity index (χ4n) is 9.03. The van der Waals surface area contributed by atoms with Gasteiger partial charge in [0.15, 0.2) is 5.58 Å². The monoisotopic (exact) mass is 690 g/mol. The first kappa shape index (κ1) is 28.2. The highest BCUT2D eigenvalue weighted by Crippen LogP contribution is 2.45. The summed E-state index contributed by atoms with van der Waals surface area (Å²) in [6.07, 6.45) is 0. The molecule has 5 heterocycles. The molecule has 0 saturated carbocycles. The van der Waals surface area contributed by atoms with E-state index in [0.29, 0.717) is 11.5 Å². The normalized spacial score (nSPS) is 12.4. The van der Waals surface area contributed by atoms with Crippen molar-refractivity contribution < 1.29 is 8.83 Å². The molecule has 0 amide bonds. The van der Waals surface area contributed by atoms with E-state index in [-0.39, 0.29) is 0 Å². The molecule has 0 radical (unpaired) electrons. The standard InChI is InChI=1S/C48H26N4O2/c1-2-12-30(13-3-1)51-34-16-6-4-14-31(34)32-23-20-29(26-37(32)51)45-47-46(33-15-5-7-17-38(33)54-47)50-48(49-45)52-35-24-21-27-10-8-18-39-41(27)43(35)44-36(52)25-22-28-11-9-19-40(53-39)42(28)44/h1-26H. The molecule has 0 saturated heterocycles. The summed E-state index contributed by atoms with van der Waals surface area (Å²) >= 11 is 0. The van der Waals surface area contributed by atoms with E-state index in [1.54, 1.807) is 0 Å². The number of nitrogens with zero attached hydrogens (tertiary/aromatic N) is 4. The second-order valence-corrected chi connectivity index (χ2v) is 14.1. The summed E-state index contributed by atoms with van der Waals surface area (Å²) in [5.41, 5.74) is 11.0. The molecule has 0 atom stereocenters. The lowest BCUT2D eigenvalue weighted by molar-refractivity contribution is 0.664. The number of aromatic nitrogens is 4. The first-order valence-electron chi connectivity index (χ1n) is 18.2. The van der Waals surface area contributed by atoms with Crippen LogP contribution in [0.25, 0.3) is 121 Å². The van der Waals surface area contributed by atoms with E-state index in [1.807, 2.05) is 18.2 Å². The summed E-state index contributed by atoms with van der Waals surface area (Å²) in [6.45, 7) is 0. The van der Waals surface area contributed by atoms with E-state index in [9.17, 15) is 0 Å². The SMILES string of the molecule is c1ccc(-n2c3ccccc3c3ccc(-c4nc(-n5c6ccc7cccc8oc9cccc%10ccc5c(c%109)c6c78)nc5c4oc4ccccc45)cc32)cc1. The fourth-order valence-corrected chi connectivity index (χ4v) is 9.03. The van der Waals surface area contributed by atoms with E-state index in [2.05, 4.69) is 149 Å². The number of furan rings is 1. The maximum absolute atomic E-state index is 6.68. The van der Waals surface area contributed by atoms with Gasteiger partial charge in [-0.3, -0.25) is 4.57 Å². The van der Waals surface area contributed by atoms with Gasteiger partial charge in [-0.25, -0.2) is 9.97 Å². The average molecular weight is 691 g/mol. The Labute approximate surface area is 306 Å². The molecule has 250 valence electrons. The van der Waals surface area contributed by atoms with Crippen LogP contribution in [-0.2, 0) is 0 Å². The van der Waals surface area contributed by atoms with Crippen LogP contribution >= 0.6 is 0 Å². The van der Waals surface area contributed by atoms with Gasteiger partial charge in [-0.2, -0.15) is 0 Å². The summed E-state index contributed by atoms with van der Waals surface area (Å²) in [5, 5.41) is 10.1. The molecule has 5 aromatic heterocycles. The van der Waals surface area contributed by atoms with Gasteiger partial charge >= 0.3 is 0 Å². The Bertz CT molecular complexity index is 3570. The van der Waals surface area contributed by atoms with Crippen molar-refractivity contribution in [3.05, 3.63) is 158 Å². The third-order valence-corrected chi connectivity index (χ3v) is 11.3. The molecular formula is C48H26N4O2. The van der Waals surface area contributed by atoms with E-state index in [1.165, 1.54) is 10.8 Å². The highest BCUT2D eigenvalue weighted by Gasteiger charge is 2.25. The van der Waals surface area contributed by atoms with Crippen molar-refractivity contribution in [3.8, 4) is 22.9 Å². The molecule has 13 rings (SSSR count). The van der Waals surface area contributed by atoms with Gasteiger partial charge < -0.3 is 13.4 Å². The highest BCUT2D eigenvalue weighted by molar-refractivity contribution is 6.33. The number of para-hydroxylation sites is 3. The minimum absolute atomic E-state index is 0.586. The molecule has 6 heteroatoms. The van der Waals surface area contributed by atoms with Crippen molar-refractivity contribution in [2.45, 2.75) is 0 Å². The molecule has 0 aliphatic heterocycles. The molecule has 6 nitrogen and oxygen atoms in total. The van der Waals surface area contributed by atoms with Crippen LogP contribution in [0.2, 0.25) is 0 Å². The Hall–Kier alpha value is -7.44. The Kier molecular flexibility index (Phi) is 5.28. The molecule has 0 aliphatic carbocycles. The van der Waals surface area contributed by atoms with Crippen LogP contribution in [0, 0.1) is 0 Å². The first-order valence-corrected chi connectivity index (χ1v) is 18.2. The molecule has 8 aromatic carbocycles. The maximum Gasteiger partial charge on any atom is 0.236 e. The maximum atomic E-state index is 6.68. The van der Waals surface area contributed by atoms with Crippen LogP contribution in [-0.4, -0.2) is 19.1 Å². The number of benzene rings is 8. The highest BCUT2D eigenvalue weighted by atomic mass is 16.3. The minimum Gasteiger partial charge on any atom is -0.456 e. The van der Waals surface area contributed by atoms with Crippen molar-refractivity contribution in [2.24, 2.45) is 0 Å². The topological polar surface area (TPSA) is 61.9 Å². The number of hydrogen-bond donors (Lipinski definition) is 0. The molecule has 0 N–H and O–H groups in total. The predicted molar refractivity (Wildman–Crippen MR) is 219 cm³/mol. The second-order valence-electron chi connectivity index (χ2n) is 14.1. The van der Waals surface area contributed by atoms with Crippen molar-refractivity contribution in [1.82, 2.24) is 19.1 Å². The molecule has 0 bridgehead atoms. The van der Waals surface area contributed by atoms with Gasteiger partial charge in [0.25, 0.3) is 0 Å². The van der Waals surface area contributed by atoms with Gasteiger partial charge in [0, 0.05) is 49.0 Å². The minimum atomic E-state index is 0.586. The molecular weight excluding hydrogens is 665 g/mol. The van der Waals surface area contributed by atoms with Gasteiger partial charge in [-0.1, -0.05) is 97.1 Å². The summed E-state index contributed by atoms with van der Waals surface area (Å²) in [6, 6.07) is 55.2. The van der Waals surface area contributed by atoms with Gasteiger partial charge in [0.1, 0.15) is 28.0 Å². The summed E-state index contributed by atoms with van der Waals surface area (Å²) in [7, 11) is 0. The molecule has 54 heavy (non-hydrogen) atoms. The number of fused-ring (bicyclic) bond motifs is 6. The van der Waals surface area contributed by atoms with Crippen molar-refractivity contribution in [1.29, 1.82) is 0 Å². The van der Waals surface area contributed by atoms with Crippen LogP contribution in [0.15, 0.2) is 167 Å². The van der Waals surface area contributed by atoms with Crippen LogP contribution in [0.5, 0.6) is 0 Å². The Morgan fingerprint density at radius 2 is 1.06 bits per heavy atom. The van der Waals surface area contributed by atoms with Crippen LogP contribution in [0.4, 0.5) is 0 Å². The zero-order chi connectivity index (χ0) is 35.1. The largest absolute Gasteiger partial charge is 0.456 e. The van der Waals surface area contributed by atoms with Crippen LogP contribution in [0.3, 0.4) is 0 Å². The average Bonchev–Trinajstić information content (AvgIpc) is 3.85. The molecule has 0 fully saturated rings.